The van der Waals surface area contributed by atoms with Gasteiger partial charge in [-0.1, -0.05) is 44.4 Å². The molecule has 2 aromatic rings. The van der Waals surface area contributed by atoms with E-state index in [1.165, 1.54) is 38.2 Å². The Kier molecular flexibility index (Phi) is 8.88. The van der Waals surface area contributed by atoms with Gasteiger partial charge < -0.3 is 9.47 Å². The summed E-state index contributed by atoms with van der Waals surface area (Å²) in [5.41, 5.74) is 2.38. The van der Waals surface area contributed by atoms with Crippen LogP contribution in [0.15, 0.2) is 29.7 Å². The summed E-state index contributed by atoms with van der Waals surface area (Å²) in [6, 6.07) is 5.77. The van der Waals surface area contributed by atoms with E-state index in [-0.39, 0.29) is 23.1 Å². The molecule has 5 nitrogen and oxygen atoms in total. The second-order valence-electron chi connectivity index (χ2n) is 6.51. The van der Waals surface area contributed by atoms with E-state index in [1.54, 1.807) is 0 Å². The minimum Gasteiger partial charge on any atom is -0.485 e. The molecule has 2 rings (SSSR count). The lowest BCUT2D eigenvalue weighted by Gasteiger charge is -2.07. The van der Waals surface area contributed by atoms with Gasteiger partial charge in [0, 0.05) is 5.38 Å². The molecule has 0 atom stereocenters. The third-order valence-electron chi connectivity index (χ3n) is 4.28. The molecular weight excluding hydrogens is 374 g/mol. The van der Waals surface area contributed by atoms with Gasteiger partial charge in [0.05, 0.1) is 7.11 Å². The highest BCUT2D eigenvalue weighted by atomic mass is 32.1. The van der Waals surface area contributed by atoms with Crippen LogP contribution in [0.5, 0.6) is 5.75 Å². The van der Waals surface area contributed by atoms with Crippen molar-refractivity contribution in [3.63, 3.8) is 0 Å². The van der Waals surface area contributed by atoms with Crippen LogP contribution < -0.4 is 4.74 Å². The first-order valence-electron chi connectivity index (χ1n) is 9.52. The molecule has 0 spiro atoms. The van der Waals surface area contributed by atoms with Crippen molar-refractivity contribution in [1.82, 2.24) is 4.98 Å². The van der Waals surface area contributed by atoms with Gasteiger partial charge in [-0.15, -0.1) is 11.3 Å². The number of esters is 1. The van der Waals surface area contributed by atoms with Crippen LogP contribution in [0, 0.1) is 6.92 Å². The second-order valence-corrected chi connectivity index (χ2v) is 7.37. The number of benzene rings is 1. The maximum atomic E-state index is 12.2. The second kappa shape index (κ2) is 11.4. The van der Waals surface area contributed by atoms with Crippen molar-refractivity contribution in [3.05, 3.63) is 51.5 Å². The smallest absolute Gasteiger partial charge is 0.357 e. The zero-order valence-corrected chi connectivity index (χ0v) is 17.5. The molecule has 28 heavy (non-hydrogen) atoms. The average Bonchev–Trinajstić information content (AvgIpc) is 3.20. The van der Waals surface area contributed by atoms with Crippen molar-refractivity contribution in [2.45, 2.75) is 46.0 Å². The zero-order valence-electron chi connectivity index (χ0n) is 16.7. The quantitative estimate of drug-likeness (QED) is 0.283. The SMILES string of the molecule is CCCCCC/C=C/c1cc(OCC(=O)c2nc(C(=O)OC)cs2)ccc1C. The summed E-state index contributed by atoms with van der Waals surface area (Å²) in [5, 5.41) is 1.74. The number of Topliss-reactive ketones (excluding diaryl/α,β-unsaturated/α-hetero) is 1. The first-order valence-corrected chi connectivity index (χ1v) is 10.4. The third-order valence-corrected chi connectivity index (χ3v) is 5.16. The van der Waals surface area contributed by atoms with Crippen molar-refractivity contribution in [1.29, 1.82) is 0 Å². The highest BCUT2D eigenvalue weighted by Crippen LogP contribution is 2.20. The number of ketones is 1. The first-order chi connectivity index (χ1) is 13.5. The molecule has 1 heterocycles. The standard InChI is InChI=1S/C22H27NO4S/c1-4-5-6-7-8-9-10-17-13-18(12-11-16(17)2)27-14-20(24)21-23-19(15-28-21)22(25)26-3/h9-13,15H,4-8,14H2,1-3H3/b10-9+. The number of aryl methyl sites for hydroxylation is 1. The highest BCUT2D eigenvalue weighted by molar-refractivity contribution is 7.12. The van der Waals surface area contributed by atoms with E-state index in [9.17, 15) is 9.59 Å². The van der Waals surface area contributed by atoms with Crippen LogP contribution in [-0.4, -0.2) is 30.5 Å². The van der Waals surface area contributed by atoms with E-state index in [1.807, 2.05) is 18.2 Å². The van der Waals surface area contributed by atoms with Crippen molar-refractivity contribution in [3.8, 4) is 5.75 Å². The topological polar surface area (TPSA) is 65.5 Å². The summed E-state index contributed by atoms with van der Waals surface area (Å²) in [6.45, 7) is 4.13. The van der Waals surface area contributed by atoms with Gasteiger partial charge in [-0.2, -0.15) is 0 Å². The maximum Gasteiger partial charge on any atom is 0.357 e. The van der Waals surface area contributed by atoms with Crippen LogP contribution in [-0.2, 0) is 4.74 Å². The molecule has 0 bridgehead atoms. The largest absolute Gasteiger partial charge is 0.485 e. The molecule has 1 aromatic heterocycles. The van der Waals surface area contributed by atoms with Gasteiger partial charge in [0.1, 0.15) is 5.75 Å². The van der Waals surface area contributed by atoms with Crippen LogP contribution in [0.25, 0.3) is 6.08 Å². The van der Waals surface area contributed by atoms with Crippen molar-refractivity contribution in [2.24, 2.45) is 0 Å². The normalized spacial score (nSPS) is 11.0. The van der Waals surface area contributed by atoms with E-state index in [2.05, 4.69) is 35.7 Å². The van der Waals surface area contributed by atoms with Crippen LogP contribution >= 0.6 is 11.3 Å². The zero-order chi connectivity index (χ0) is 20.4. The Balaban J connectivity index is 1.91. The Labute approximate surface area is 170 Å². The van der Waals surface area contributed by atoms with Gasteiger partial charge in [0.2, 0.25) is 5.78 Å². The molecule has 150 valence electrons. The maximum absolute atomic E-state index is 12.2. The van der Waals surface area contributed by atoms with Gasteiger partial charge in [-0.3, -0.25) is 4.79 Å². The first kappa shape index (κ1) is 21.8. The highest BCUT2D eigenvalue weighted by Gasteiger charge is 2.16. The van der Waals surface area contributed by atoms with Crippen molar-refractivity contribution < 1.29 is 19.1 Å². The van der Waals surface area contributed by atoms with Crippen LogP contribution in [0.3, 0.4) is 0 Å². The summed E-state index contributed by atoms with van der Waals surface area (Å²) >= 11 is 1.11. The molecule has 0 saturated heterocycles. The Morgan fingerprint density at radius 2 is 2.04 bits per heavy atom. The van der Waals surface area contributed by atoms with Gasteiger partial charge in [0.15, 0.2) is 17.3 Å². The number of methoxy groups -OCH3 is 1. The fourth-order valence-electron chi connectivity index (χ4n) is 2.60. The fraction of sp³-hybridized carbons (Fsp3) is 0.409. The number of ether oxygens (including phenoxy) is 2. The summed E-state index contributed by atoms with van der Waals surface area (Å²) in [7, 11) is 1.28. The number of carbonyl (C=O) groups excluding carboxylic acids is 2. The van der Waals surface area contributed by atoms with Crippen LogP contribution in [0.2, 0.25) is 0 Å². The van der Waals surface area contributed by atoms with Gasteiger partial charge in [-0.25, -0.2) is 9.78 Å². The van der Waals surface area contributed by atoms with Crippen LogP contribution in [0.4, 0.5) is 0 Å². The number of carbonyl (C=O) groups is 2. The van der Waals surface area contributed by atoms with Gasteiger partial charge in [0.25, 0.3) is 0 Å². The molecule has 0 amide bonds. The minimum atomic E-state index is -0.555. The Morgan fingerprint density at radius 3 is 2.79 bits per heavy atom. The molecule has 0 aliphatic carbocycles. The molecule has 1 aromatic carbocycles. The molecule has 0 aliphatic heterocycles. The number of hydrogen-bond acceptors (Lipinski definition) is 6. The molecule has 0 saturated carbocycles. The number of hydrogen-bond donors (Lipinski definition) is 0. The number of rotatable bonds is 11. The Hall–Kier alpha value is -2.47. The van der Waals surface area contributed by atoms with Crippen LogP contribution in [0.1, 0.15) is 70.4 Å². The lowest BCUT2D eigenvalue weighted by atomic mass is 10.1. The van der Waals surface area contributed by atoms with E-state index in [4.69, 9.17) is 4.74 Å². The Bertz CT molecular complexity index is 826. The van der Waals surface area contributed by atoms with Crippen molar-refractivity contribution >= 4 is 29.2 Å². The Morgan fingerprint density at radius 1 is 1.21 bits per heavy atom. The van der Waals surface area contributed by atoms with E-state index < -0.39 is 5.97 Å². The molecule has 0 fully saturated rings. The number of aromatic nitrogens is 1. The predicted molar refractivity (Wildman–Crippen MR) is 112 cm³/mol. The molecule has 0 unspecified atom stereocenters. The monoisotopic (exact) mass is 401 g/mol. The van der Waals surface area contributed by atoms with Gasteiger partial charge in [-0.05, 0) is 43.0 Å². The summed E-state index contributed by atoms with van der Waals surface area (Å²) in [4.78, 5) is 27.7. The molecule has 0 radical (unpaired) electrons. The minimum absolute atomic E-state index is 0.128. The van der Waals surface area contributed by atoms with E-state index in [0.717, 1.165) is 28.9 Å². The average molecular weight is 402 g/mol. The van der Waals surface area contributed by atoms with Gasteiger partial charge >= 0.3 is 5.97 Å². The molecule has 0 aliphatic rings. The van der Waals surface area contributed by atoms with E-state index >= 15 is 0 Å². The number of unbranched alkanes of at least 4 members (excludes halogenated alkanes) is 4. The third kappa shape index (κ3) is 6.60. The summed E-state index contributed by atoms with van der Waals surface area (Å²) in [5.74, 6) is -0.191. The number of nitrogens with zero attached hydrogens (tertiary/aromatic N) is 1. The fourth-order valence-corrected chi connectivity index (χ4v) is 3.31. The number of thiazole rings is 1. The molecule has 0 N–H and O–H groups in total. The predicted octanol–water partition coefficient (Wildman–Crippen LogP) is 5.48. The van der Waals surface area contributed by atoms with Crippen molar-refractivity contribution in [2.75, 3.05) is 13.7 Å². The van der Waals surface area contributed by atoms with E-state index in [0.29, 0.717) is 5.75 Å². The molecular formula is C22H27NO4S. The number of allylic oxidation sites excluding steroid dienone is 1. The summed E-state index contributed by atoms with van der Waals surface area (Å²) < 4.78 is 10.2. The lowest BCUT2D eigenvalue weighted by molar-refractivity contribution is 0.0595. The lowest BCUT2D eigenvalue weighted by Crippen LogP contribution is -2.12. The summed E-state index contributed by atoms with van der Waals surface area (Å²) in [6.07, 6.45) is 10.4. The molecule has 6 heteroatoms.